The first kappa shape index (κ1) is 21.4. The van der Waals surface area contributed by atoms with E-state index in [1.54, 1.807) is 53.6 Å². The molecule has 0 spiro atoms. The Morgan fingerprint density at radius 3 is 2.59 bits per heavy atom. The van der Waals surface area contributed by atoms with E-state index in [1.165, 1.54) is 0 Å². The molecule has 1 unspecified atom stereocenters. The Labute approximate surface area is 182 Å². The van der Waals surface area contributed by atoms with Gasteiger partial charge in [0.2, 0.25) is 5.91 Å². The van der Waals surface area contributed by atoms with Crippen LogP contribution in [0.15, 0.2) is 60.1 Å². The molecule has 0 aliphatic heterocycles. The fraction of sp³-hybridized carbons (Fsp3) is 0.190. The molecule has 0 radical (unpaired) electrons. The Balaban J connectivity index is 1.68. The summed E-state index contributed by atoms with van der Waals surface area (Å²) in [5.74, 6) is 0.113. The molecule has 150 valence electrons. The predicted octanol–water partition coefficient (Wildman–Crippen LogP) is 4.95. The van der Waals surface area contributed by atoms with Crippen molar-refractivity contribution in [3.8, 4) is 10.6 Å². The number of benzene rings is 2. The molecule has 3 rings (SSSR count). The zero-order valence-corrected chi connectivity index (χ0v) is 18.1. The molecule has 2 amide bonds. The van der Waals surface area contributed by atoms with Gasteiger partial charge >= 0.3 is 0 Å². The van der Waals surface area contributed by atoms with Gasteiger partial charge in [-0.25, -0.2) is 4.98 Å². The lowest BCUT2D eigenvalue weighted by Crippen LogP contribution is -2.44. The largest absolute Gasteiger partial charge is 0.340 e. The highest BCUT2D eigenvalue weighted by molar-refractivity contribution is 7.98. The number of amides is 2. The molecule has 0 bridgehead atoms. The van der Waals surface area contributed by atoms with Crippen molar-refractivity contribution in [2.24, 2.45) is 0 Å². The third kappa shape index (κ3) is 5.82. The number of thiazole rings is 1. The summed E-state index contributed by atoms with van der Waals surface area (Å²) in [6.07, 6.45) is 4.23. The van der Waals surface area contributed by atoms with Crippen molar-refractivity contribution in [1.82, 2.24) is 10.3 Å². The fourth-order valence-corrected chi connectivity index (χ4v) is 4.01. The monoisotopic (exact) mass is 445 g/mol. The van der Waals surface area contributed by atoms with E-state index in [4.69, 9.17) is 11.6 Å². The summed E-state index contributed by atoms with van der Waals surface area (Å²) in [5, 5.41) is 8.88. The number of halogens is 1. The van der Waals surface area contributed by atoms with Crippen LogP contribution >= 0.6 is 34.7 Å². The highest BCUT2D eigenvalue weighted by Crippen LogP contribution is 2.23. The molecular weight excluding hydrogens is 426 g/mol. The molecule has 29 heavy (non-hydrogen) atoms. The van der Waals surface area contributed by atoms with E-state index in [2.05, 4.69) is 15.6 Å². The first-order valence-electron chi connectivity index (χ1n) is 8.93. The van der Waals surface area contributed by atoms with Gasteiger partial charge in [0.15, 0.2) is 0 Å². The van der Waals surface area contributed by atoms with Gasteiger partial charge in [0.1, 0.15) is 11.0 Å². The first-order chi connectivity index (χ1) is 14.1. The van der Waals surface area contributed by atoms with E-state index >= 15 is 0 Å². The topological polar surface area (TPSA) is 71.1 Å². The summed E-state index contributed by atoms with van der Waals surface area (Å²) in [6.45, 7) is 0. The van der Waals surface area contributed by atoms with E-state index in [1.807, 2.05) is 35.9 Å². The van der Waals surface area contributed by atoms with Crippen molar-refractivity contribution in [3.05, 3.63) is 70.7 Å². The second-order valence-electron chi connectivity index (χ2n) is 6.19. The van der Waals surface area contributed by atoms with Crippen LogP contribution in [0, 0.1) is 0 Å². The van der Waals surface area contributed by atoms with Crippen LogP contribution in [-0.4, -0.2) is 34.8 Å². The maximum atomic E-state index is 12.8. The van der Waals surface area contributed by atoms with Gasteiger partial charge in [-0.2, -0.15) is 11.8 Å². The van der Waals surface area contributed by atoms with Crippen LogP contribution in [0.5, 0.6) is 0 Å². The molecule has 8 heteroatoms. The van der Waals surface area contributed by atoms with E-state index in [9.17, 15) is 9.59 Å². The number of rotatable bonds is 8. The summed E-state index contributed by atoms with van der Waals surface area (Å²) in [4.78, 5) is 29.7. The number of carbonyl (C=O) groups is 2. The number of anilines is 1. The lowest BCUT2D eigenvalue weighted by atomic mass is 10.1. The number of thioether (sulfide) groups is 1. The number of aromatic nitrogens is 1. The summed E-state index contributed by atoms with van der Waals surface area (Å²) in [7, 11) is 0. The molecule has 5 nitrogen and oxygen atoms in total. The highest BCUT2D eigenvalue weighted by atomic mass is 35.5. The lowest BCUT2D eigenvalue weighted by Gasteiger charge is -2.18. The lowest BCUT2D eigenvalue weighted by molar-refractivity contribution is -0.118. The van der Waals surface area contributed by atoms with E-state index in [-0.39, 0.29) is 11.8 Å². The number of nitrogens with zero attached hydrogens (tertiary/aromatic N) is 1. The minimum Gasteiger partial charge on any atom is -0.340 e. The molecule has 0 saturated carbocycles. The van der Waals surface area contributed by atoms with Crippen LogP contribution in [0.3, 0.4) is 0 Å². The molecule has 0 saturated heterocycles. The maximum absolute atomic E-state index is 12.8. The molecule has 2 aromatic carbocycles. The number of nitrogens with one attached hydrogen (secondary N) is 2. The fourth-order valence-electron chi connectivity index (χ4n) is 2.68. The molecule has 1 aromatic heterocycles. The van der Waals surface area contributed by atoms with Gasteiger partial charge in [-0.05, 0) is 54.8 Å². The van der Waals surface area contributed by atoms with Crippen LogP contribution < -0.4 is 10.6 Å². The van der Waals surface area contributed by atoms with Crippen LogP contribution in [0.4, 0.5) is 5.69 Å². The molecule has 0 aliphatic rings. The van der Waals surface area contributed by atoms with Gasteiger partial charge in [0.25, 0.3) is 5.91 Å². The number of hydrogen-bond acceptors (Lipinski definition) is 5. The third-order valence-electron chi connectivity index (χ3n) is 4.18. The number of hydrogen-bond donors (Lipinski definition) is 2. The van der Waals surface area contributed by atoms with Gasteiger partial charge in [-0.3, -0.25) is 9.59 Å². The molecule has 0 fully saturated rings. The van der Waals surface area contributed by atoms with Gasteiger partial charge in [-0.15, -0.1) is 11.3 Å². The average molecular weight is 446 g/mol. The zero-order chi connectivity index (χ0) is 20.6. The summed E-state index contributed by atoms with van der Waals surface area (Å²) in [6, 6.07) is 13.6. The zero-order valence-electron chi connectivity index (χ0n) is 15.7. The molecular formula is C21H20ClN3O2S2. The van der Waals surface area contributed by atoms with Crippen LogP contribution in [0.25, 0.3) is 10.6 Å². The molecule has 1 atom stereocenters. The van der Waals surface area contributed by atoms with Crippen LogP contribution in [-0.2, 0) is 4.79 Å². The van der Waals surface area contributed by atoms with Crippen LogP contribution in [0.1, 0.15) is 16.8 Å². The summed E-state index contributed by atoms with van der Waals surface area (Å²) >= 11 is 9.28. The van der Waals surface area contributed by atoms with Gasteiger partial charge in [0, 0.05) is 22.8 Å². The van der Waals surface area contributed by atoms with Crippen LogP contribution in [0.2, 0.25) is 5.02 Å². The Bertz CT molecular complexity index is 962. The maximum Gasteiger partial charge on any atom is 0.253 e. The Morgan fingerprint density at radius 2 is 1.93 bits per heavy atom. The molecule has 1 heterocycles. The summed E-state index contributed by atoms with van der Waals surface area (Å²) in [5.41, 5.74) is 2.00. The molecule has 3 aromatic rings. The normalized spacial score (nSPS) is 11.7. The second kappa shape index (κ2) is 10.4. The smallest absolute Gasteiger partial charge is 0.253 e. The van der Waals surface area contributed by atoms with E-state index in [0.717, 1.165) is 16.3 Å². The summed E-state index contributed by atoms with van der Waals surface area (Å²) < 4.78 is 0. The van der Waals surface area contributed by atoms with Gasteiger partial charge in [-0.1, -0.05) is 23.7 Å². The van der Waals surface area contributed by atoms with E-state index < -0.39 is 6.04 Å². The van der Waals surface area contributed by atoms with Crippen molar-refractivity contribution in [2.75, 3.05) is 17.3 Å². The van der Waals surface area contributed by atoms with Crippen molar-refractivity contribution in [3.63, 3.8) is 0 Å². The quantitative estimate of drug-likeness (QED) is 0.514. The standard InChI is InChI=1S/C21H20ClN3O2S2/c1-28-12-10-18(25-19(26)16-4-2-3-5-17(16)22)20(27)24-15-8-6-14(7-9-15)21-23-11-13-29-21/h2-9,11,13,18H,10,12H2,1H3,(H,24,27)(H,25,26). The molecule has 0 aliphatic carbocycles. The predicted molar refractivity (Wildman–Crippen MR) is 122 cm³/mol. The second-order valence-corrected chi connectivity index (χ2v) is 8.48. The Morgan fingerprint density at radius 1 is 1.17 bits per heavy atom. The van der Waals surface area contributed by atoms with E-state index in [0.29, 0.717) is 22.7 Å². The Hall–Kier alpha value is -2.35. The van der Waals surface area contributed by atoms with Crippen molar-refractivity contribution >= 4 is 52.2 Å². The van der Waals surface area contributed by atoms with Crippen molar-refractivity contribution < 1.29 is 9.59 Å². The SMILES string of the molecule is CSCCC(NC(=O)c1ccccc1Cl)C(=O)Nc1ccc(-c2nccs2)cc1. The first-order valence-corrected chi connectivity index (χ1v) is 11.6. The number of carbonyl (C=O) groups excluding carboxylic acids is 2. The van der Waals surface area contributed by atoms with Gasteiger partial charge in [0.05, 0.1) is 10.6 Å². The molecule has 2 N–H and O–H groups in total. The Kier molecular flexibility index (Phi) is 7.69. The van der Waals surface area contributed by atoms with Gasteiger partial charge < -0.3 is 10.6 Å². The highest BCUT2D eigenvalue weighted by Gasteiger charge is 2.22. The third-order valence-corrected chi connectivity index (χ3v) is 5.98. The van der Waals surface area contributed by atoms with Crippen molar-refractivity contribution in [1.29, 1.82) is 0 Å². The average Bonchev–Trinajstić information content (AvgIpc) is 3.26. The minimum absolute atomic E-state index is 0.263. The minimum atomic E-state index is -0.662. The van der Waals surface area contributed by atoms with Crippen molar-refractivity contribution in [2.45, 2.75) is 12.5 Å².